The van der Waals surface area contributed by atoms with Gasteiger partial charge >= 0.3 is 5.97 Å². The number of hydrogen-bond acceptors (Lipinski definition) is 6. The number of nitriles is 1. The van der Waals surface area contributed by atoms with Gasteiger partial charge in [0.15, 0.2) is 0 Å². The lowest BCUT2D eigenvalue weighted by Gasteiger charge is -2.22. The topological polar surface area (TPSA) is 69.7 Å². The number of ether oxygens (including phenoxy) is 1. The van der Waals surface area contributed by atoms with Crippen LogP contribution in [-0.4, -0.2) is 39.3 Å². The third-order valence-electron chi connectivity index (χ3n) is 6.60. The standard InChI is InChI=1S/C33H37N3O3/c1-6-35(7-2)28-17-13-25(14-18-28)32(26-15-19-29(20-16-26)36(8-3)9-4)12-10-11-30-21-22-31(39-30)23-27(24-34)33(37)38-5/h10-23H,6-9H2,1-5H3. The molecule has 0 saturated carbocycles. The van der Waals surface area contributed by atoms with E-state index in [0.717, 1.165) is 42.9 Å². The van der Waals surface area contributed by atoms with Crippen LogP contribution in [0.4, 0.5) is 11.4 Å². The Morgan fingerprint density at radius 1 is 0.821 bits per heavy atom. The van der Waals surface area contributed by atoms with Gasteiger partial charge in [-0.05, 0) is 86.9 Å². The van der Waals surface area contributed by atoms with Crippen molar-refractivity contribution in [2.24, 2.45) is 0 Å². The molecule has 3 rings (SSSR count). The van der Waals surface area contributed by atoms with E-state index in [1.165, 1.54) is 24.6 Å². The van der Waals surface area contributed by atoms with Crippen LogP contribution in [0.25, 0.3) is 17.7 Å². The highest BCUT2D eigenvalue weighted by Gasteiger charge is 2.11. The predicted octanol–water partition coefficient (Wildman–Crippen LogP) is 7.20. The van der Waals surface area contributed by atoms with E-state index in [-0.39, 0.29) is 5.57 Å². The van der Waals surface area contributed by atoms with Crippen LogP contribution in [0.3, 0.4) is 0 Å². The monoisotopic (exact) mass is 523 g/mol. The molecule has 1 aromatic heterocycles. The first-order valence-corrected chi connectivity index (χ1v) is 13.4. The molecule has 0 atom stereocenters. The fourth-order valence-electron chi connectivity index (χ4n) is 4.40. The van der Waals surface area contributed by atoms with Gasteiger partial charge in [-0.3, -0.25) is 0 Å². The van der Waals surface area contributed by atoms with Gasteiger partial charge in [0.05, 0.1) is 7.11 Å². The van der Waals surface area contributed by atoms with Crippen LogP contribution in [-0.2, 0) is 9.53 Å². The van der Waals surface area contributed by atoms with E-state index in [0.29, 0.717) is 11.5 Å². The fourth-order valence-corrected chi connectivity index (χ4v) is 4.40. The molecule has 6 heteroatoms. The lowest BCUT2D eigenvalue weighted by atomic mass is 9.96. The Kier molecular flexibility index (Phi) is 10.8. The molecular weight excluding hydrogens is 486 g/mol. The van der Waals surface area contributed by atoms with Crippen molar-refractivity contribution < 1.29 is 13.9 Å². The average Bonchev–Trinajstić information content (AvgIpc) is 3.43. The molecule has 202 valence electrons. The Hall–Kier alpha value is -4.50. The third kappa shape index (κ3) is 7.52. The number of anilines is 2. The first kappa shape index (κ1) is 29.1. The fraction of sp³-hybridized carbons (Fsp3) is 0.273. The van der Waals surface area contributed by atoms with Gasteiger partial charge in [-0.2, -0.15) is 5.26 Å². The molecule has 0 bridgehead atoms. The summed E-state index contributed by atoms with van der Waals surface area (Å²) in [5, 5.41) is 9.18. The zero-order valence-electron chi connectivity index (χ0n) is 23.5. The van der Waals surface area contributed by atoms with Gasteiger partial charge in [0.1, 0.15) is 23.2 Å². The van der Waals surface area contributed by atoms with E-state index in [9.17, 15) is 10.1 Å². The second-order valence-corrected chi connectivity index (χ2v) is 8.78. The highest BCUT2D eigenvalue weighted by Crippen LogP contribution is 2.28. The lowest BCUT2D eigenvalue weighted by Crippen LogP contribution is -2.21. The molecular formula is C33H37N3O3. The van der Waals surface area contributed by atoms with E-state index in [1.54, 1.807) is 12.1 Å². The Morgan fingerprint density at radius 2 is 1.31 bits per heavy atom. The molecule has 0 unspecified atom stereocenters. The van der Waals surface area contributed by atoms with Crippen molar-refractivity contribution in [1.29, 1.82) is 5.26 Å². The SMILES string of the molecule is CCN(CC)c1ccc(C(=CC=Cc2ccc(C=C(C#N)C(=O)OC)o2)c2ccc(N(CC)CC)cc2)cc1. The summed E-state index contributed by atoms with van der Waals surface area (Å²) in [7, 11) is 1.24. The first-order chi connectivity index (χ1) is 19.0. The van der Waals surface area contributed by atoms with Gasteiger partial charge < -0.3 is 19.0 Å². The quantitative estimate of drug-likeness (QED) is 0.108. The summed E-state index contributed by atoms with van der Waals surface area (Å²) in [4.78, 5) is 16.3. The maximum absolute atomic E-state index is 11.7. The molecule has 39 heavy (non-hydrogen) atoms. The van der Waals surface area contributed by atoms with Gasteiger partial charge in [-0.25, -0.2) is 4.79 Å². The molecule has 0 amide bonds. The van der Waals surface area contributed by atoms with Crippen LogP contribution >= 0.6 is 0 Å². The summed E-state index contributed by atoms with van der Waals surface area (Å²) in [5.74, 6) is 0.310. The van der Waals surface area contributed by atoms with E-state index >= 15 is 0 Å². The van der Waals surface area contributed by atoms with Gasteiger partial charge in [0.2, 0.25) is 0 Å². The Labute approximate surface area is 232 Å². The van der Waals surface area contributed by atoms with E-state index in [2.05, 4.69) is 96.8 Å². The van der Waals surface area contributed by atoms with Gasteiger partial charge in [-0.15, -0.1) is 0 Å². The number of esters is 1. The normalized spacial score (nSPS) is 11.2. The molecule has 1 heterocycles. The van der Waals surface area contributed by atoms with Crippen molar-refractivity contribution in [3.8, 4) is 6.07 Å². The molecule has 6 nitrogen and oxygen atoms in total. The van der Waals surface area contributed by atoms with Crippen LogP contribution in [0.15, 0.2) is 82.8 Å². The highest BCUT2D eigenvalue weighted by atomic mass is 16.5. The van der Waals surface area contributed by atoms with Crippen molar-refractivity contribution in [1.82, 2.24) is 0 Å². The van der Waals surface area contributed by atoms with Crippen LogP contribution in [0.1, 0.15) is 50.3 Å². The van der Waals surface area contributed by atoms with E-state index in [1.807, 2.05) is 18.2 Å². The van der Waals surface area contributed by atoms with Crippen molar-refractivity contribution in [2.45, 2.75) is 27.7 Å². The minimum atomic E-state index is -0.697. The Morgan fingerprint density at radius 3 is 1.74 bits per heavy atom. The van der Waals surface area contributed by atoms with Crippen LogP contribution in [0.2, 0.25) is 0 Å². The third-order valence-corrected chi connectivity index (χ3v) is 6.60. The number of furan rings is 1. The number of carbonyl (C=O) groups is 1. The molecule has 0 spiro atoms. The van der Waals surface area contributed by atoms with Crippen LogP contribution in [0, 0.1) is 11.3 Å². The van der Waals surface area contributed by atoms with Crippen molar-refractivity contribution in [2.75, 3.05) is 43.1 Å². The summed E-state index contributed by atoms with van der Waals surface area (Å²) >= 11 is 0. The second-order valence-electron chi connectivity index (χ2n) is 8.78. The van der Waals surface area contributed by atoms with Gasteiger partial charge in [0, 0.05) is 43.6 Å². The number of benzene rings is 2. The maximum atomic E-state index is 11.7. The molecule has 0 radical (unpaired) electrons. The van der Waals surface area contributed by atoms with Crippen LogP contribution in [0.5, 0.6) is 0 Å². The summed E-state index contributed by atoms with van der Waals surface area (Å²) in [6.45, 7) is 12.5. The summed E-state index contributed by atoms with van der Waals surface area (Å²) < 4.78 is 10.4. The van der Waals surface area contributed by atoms with Crippen molar-refractivity contribution >= 4 is 35.1 Å². The molecule has 0 fully saturated rings. The molecule has 3 aromatic rings. The Balaban J connectivity index is 1.94. The van der Waals surface area contributed by atoms with Crippen LogP contribution < -0.4 is 9.80 Å². The van der Waals surface area contributed by atoms with E-state index < -0.39 is 5.97 Å². The molecule has 0 aliphatic heterocycles. The van der Waals surface area contributed by atoms with Crippen molar-refractivity contribution in [3.63, 3.8) is 0 Å². The minimum Gasteiger partial charge on any atom is -0.465 e. The predicted molar refractivity (Wildman–Crippen MR) is 160 cm³/mol. The maximum Gasteiger partial charge on any atom is 0.348 e. The van der Waals surface area contributed by atoms with Gasteiger partial charge in [-0.1, -0.05) is 36.4 Å². The smallest absolute Gasteiger partial charge is 0.348 e. The van der Waals surface area contributed by atoms with Gasteiger partial charge in [0.25, 0.3) is 0 Å². The summed E-state index contributed by atoms with van der Waals surface area (Å²) in [6.07, 6.45) is 7.26. The second kappa shape index (κ2) is 14.4. The lowest BCUT2D eigenvalue weighted by molar-refractivity contribution is -0.135. The molecule has 0 aliphatic rings. The Bertz CT molecular complexity index is 1290. The summed E-state index contributed by atoms with van der Waals surface area (Å²) in [6, 6.07) is 22.7. The molecule has 0 aliphatic carbocycles. The number of hydrogen-bond donors (Lipinski definition) is 0. The number of carbonyl (C=O) groups excluding carboxylic acids is 1. The number of rotatable bonds is 12. The van der Waals surface area contributed by atoms with E-state index in [4.69, 9.17) is 4.42 Å². The summed E-state index contributed by atoms with van der Waals surface area (Å²) in [5.41, 5.74) is 5.61. The van der Waals surface area contributed by atoms with Crippen molar-refractivity contribution in [3.05, 3.63) is 101 Å². The average molecular weight is 524 g/mol. The largest absolute Gasteiger partial charge is 0.465 e. The zero-order valence-corrected chi connectivity index (χ0v) is 23.5. The number of methoxy groups -OCH3 is 1. The molecule has 0 saturated heterocycles. The number of allylic oxidation sites excluding steroid dienone is 2. The zero-order chi connectivity index (χ0) is 28.2. The molecule has 2 aromatic carbocycles. The minimum absolute atomic E-state index is 0.120. The highest BCUT2D eigenvalue weighted by molar-refractivity contribution is 5.97. The first-order valence-electron chi connectivity index (χ1n) is 13.4. The molecule has 0 N–H and O–H groups in total. The number of nitrogens with zero attached hydrogens (tertiary/aromatic N) is 3.